The Hall–Kier alpha value is -1.74. The normalized spacial score (nSPS) is 20.3. The van der Waals surface area contributed by atoms with Gasteiger partial charge in [-0.05, 0) is 68.7 Å². The van der Waals surface area contributed by atoms with Crippen molar-refractivity contribution in [2.24, 2.45) is 11.7 Å². The predicted octanol–water partition coefficient (Wildman–Crippen LogP) is 1.44. The second-order valence-corrected chi connectivity index (χ2v) is 8.18. The molecule has 0 bridgehead atoms. The average Bonchev–Trinajstić information content (AvgIpc) is 2.68. The van der Waals surface area contributed by atoms with E-state index in [9.17, 15) is 24.7 Å². The Labute approximate surface area is 172 Å². The SMILES string of the molecule is CC(=O)c1ccc(O)c(CC(CC(=O)CC2CCC(NCCN)CC2)B(O)O)c1. The van der Waals surface area contributed by atoms with Gasteiger partial charge in [0.15, 0.2) is 5.78 Å². The zero-order valence-electron chi connectivity index (χ0n) is 17.1. The molecule has 0 radical (unpaired) electrons. The molecule has 7 nitrogen and oxygen atoms in total. The molecule has 1 aromatic rings. The first-order valence-corrected chi connectivity index (χ1v) is 10.4. The van der Waals surface area contributed by atoms with E-state index in [4.69, 9.17) is 5.73 Å². The minimum Gasteiger partial charge on any atom is -0.508 e. The Morgan fingerprint density at radius 3 is 2.52 bits per heavy atom. The Balaban J connectivity index is 1.90. The lowest BCUT2D eigenvalue weighted by molar-refractivity contribution is -0.120. The zero-order valence-corrected chi connectivity index (χ0v) is 17.1. The number of hydrogen-bond donors (Lipinski definition) is 5. The van der Waals surface area contributed by atoms with Crippen LogP contribution in [0.3, 0.4) is 0 Å². The van der Waals surface area contributed by atoms with E-state index in [-0.39, 0.29) is 30.2 Å². The molecular weight excluding hydrogens is 371 g/mol. The maximum Gasteiger partial charge on any atom is 0.455 e. The molecule has 0 spiro atoms. The number of ketones is 2. The minimum atomic E-state index is -1.67. The van der Waals surface area contributed by atoms with Gasteiger partial charge in [0.2, 0.25) is 0 Å². The van der Waals surface area contributed by atoms with Crippen molar-refractivity contribution in [2.45, 2.75) is 63.7 Å². The van der Waals surface area contributed by atoms with Crippen molar-refractivity contribution >= 4 is 18.7 Å². The lowest BCUT2D eigenvalue weighted by Crippen LogP contribution is -2.36. The molecule has 1 aliphatic rings. The molecule has 160 valence electrons. The molecule has 1 fully saturated rings. The number of phenols is 1. The lowest BCUT2D eigenvalue weighted by atomic mass is 9.66. The van der Waals surface area contributed by atoms with Gasteiger partial charge in [0, 0.05) is 43.4 Å². The maximum absolute atomic E-state index is 12.6. The summed E-state index contributed by atoms with van der Waals surface area (Å²) in [6.07, 6.45) is 4.58. The molecule has 1 atom stereocenters. The van der Waals surface area contributed by atoms with E-state index in [1.807, 2.05) is 0 Å². The van der Waals surface area contributed by atoms with Gasteiger partial charge in [-0.25, -0.2) is 0 Å². The number of phenolic OH excluding ortho intramolecular Hbond substituents is 1. The van der Waals surface area contributed by atoms with Crippen LogP contribution < -0.4 is 11.1 Å². The predicted molar refractivity (Wildman–Crippen MR) is 113 cm³/mol. The molecule has 8 heteroatoms. The maximum atomic E-state index is 12.6. The number of nitrogens with two attached hydrogens (primary N) is 1. The van der Waals surface area contributed by atoms with Crippen LogP contribution in [0.4, 0.5) is 0 Å². The molecule has 0 amide bonds. The fraction of sp³-hybridized carbons (Fsp3) is 0.619. The average molecular weight is 404 g/mol. The number of rotatable bonds is 11. The van der Waals surface area contributed by atoms with Crippen molar-refractivity contribution in [2.75, 3.05) is 13.1 Å². The Kier molecular flexibility index (Phi) is 9.30. The van der Waals surface area contributed by atoms with Crippen LogP contribution in [0.2, 0.25) is 5.82 Å². The third-order valence-electron chi connectivity index (χ3n) is 5.82. The summed E-state index contributed by atoms with van der Waals surface area (Å²) in [4.78, 5) is 24.1. The van der Waals surface area contributed by atoms with Gasteiger partial charge in [0.25, 0.3) is 0 Å². The second kappa shape index (κ2) is 11.5. The molecule has 1 aromatic carbocycles. The van der Waals surface area contributed by atoms with Crippen molar-refractivity contribution in [3.05, 3.63) is 29.3 Å². The zero-order chi connectivity index (χ0) is 21.4. The van der Waals surface area contributed by atoms with Crippen LogP contribution in [-0.2, 0) is 11.2 Å². The molecule has 0 heterocycles. The highest BCUT2D eigenvalue weighted by molar-refractivity contribution is 6.43. The van der Waals surface area contributed by atoms with E-state index in [0.717, 1.165) is 32.2 Å². The van der Waals surface area contributed by atoms with Crippen molar-refractivity contribution < 1.29 is 24.7 Å². The highest BCUT2D eigenvalue weighted by Gasteiger charge is 2.29. The van der Waals surface area contributed by atoms with Crippen molar-refractivity contribution in [3.8, 4) is 5.75 Å². The van der Waals surface area contributed by atoms with Crippen LogP contribution in [-0.4, -0.2) is 53.0 Å². The summed E-state index contributed by atoms with van der Waals surface area (Å²) < 4.78 is 0. The summed E-state index contributed by atoms with van der Waals surface area (Å²) in [7, 11) is -1.67. The minimum absolute atomic E-state index is 0.00341. The summed E-state index contributed by atoms with van der Waals surface area (Å²) in [5.41, 5.74) is 6.40. The Bertz CT molecular complexity index is 690. The molecule has 6 N–H and O–H groups in total. The largest absolute Gasteiger partial charge is 0.508 e. The van der Waals surface area contributed by atoms with Crippen LogP contribution in [0.5, 0.6) is 5.75 Å². The standard InChI is InChI=1S/C21H33BN2O5/c1-14(25)16-4-7-21(27)17(11-16)12-18(22(28)29)13-20(26)10-15-2-5-19(6-3-15)24-9-8-23/h4,7,11,15,18-19,24,27-29H,2-3,5-6,8-10,12-13,23H2,1H3. The smallest absolute Gasteiger partial charge is 0.455 e. The van der Waals surface area contributed by atoms with E-state index in [2.05, 4.69) is 5.32 Å². The fourth-order valence-corrected chi connectivity index (χ4v) is 4.09. The van der Waals surface area contributed by atoms with Crippen LogP contribution >= 0.6 is 0 Å². The van der Waals surface area contributed by atoms with Crippen LogP contribution in [0.15, 0.2) is 18.2 Å². The molecular formula is C21H33BN2O5. The number of carbonyl (C=O) groups is 2. The third-order valence-corrected chi connectivity index (χ3v) is 5.82. The summed E-state index contributed by atoms with van der Waals surface area (Å²) in [6, 6.07) is 4.96. The van der Waals surface area contributed by atoms with Gasteiger partial charge < -0.3 is 26.2 Å². The van der Waals surface area contributed by atoms with Gasteiger partial charge in [0.1, 0.15) is 11.5 Å². The van der Waals surface area contributed by atoms with Gasteiger partial charge >= 0.3 is 7.12 Å². The Morgan fingerprint density at radius 2 is 1.93 bits per heavy atom. The number of benzene rings is 1. The van der Waals surface area contributed by atoms with E-state index < -0.39 is 12.9 Å². The lowest BCUT2D eigenvalue weighted by Gasteiger charge is -2.29. The molecule has 2 rings (SSSR count). The summed E-state index contributed by atoms with van der Waals surface area (Å²) in [5, 5.41) is 33.0. The van der Waals surface area contributed by atoms with Crippen LogP contribution in [0.25, 0.3) is 0 Å². The Morgan fingerprint density at radius 1 is 1.24 bits per heavy atom. The van der Waals surface area contributed by atoms with Crippen molar-refractivity contribution in [1.82, 2.24) is 5.32 Å². The van der Waals surface area contributed by atoms with E-state index in [1.165, 1.54) is 19.1 Å². The number of nitrogens with one attached hydrogen (secondary N) is 1. The second-order valence-electron chi connectivity index (χ2n) is 8.18. The first kappa shape index (κ1) is 23.5. The third kappa shape index (κ3) is 7.55. The first-order chi connectivity index (χ1) is 13.8. The van der Waals surface area contributed by atoms with Gasteiger partial charge in [-0.3, -0.25) is 9.59 Å². The fourth-order valence-electron chi connectivity index (χ4n) is 4.09. The number of carbonyl (C=O) groups excluding carboxylic acids is 2. The number of hydrogen-bond acceptors (Lipinski definition) is 7. The first-order valence-electron chi connectivity index (χ1n) is 10.4. The molecule has 0 aliphatic heterocycles. The van der Waals surface area contributed by atoms with E-state index in [0.29, 0.717) is 36.1 Å². The highest BCUT2D eigenvalue weighted by atomic mass is 16.4. The van der Waals surface area contributed by atoms with Gasteiger partial charge in [-0.2, -0.15) is 0 Å². The van der Waals surface area contributed by atoms with Crippen molar-refractivity contribution in [1.29, 1.82) is 0 Å². The molecule has 29 heavy (non-hydrogen) atoms. The number of Topliss-reactive ketones (excluding diaryl/α,β-unsaturated/α-hetero) is 2. The quantitative estimate of drug-likeness (QED) is 0.278. The summed E-state index contributed by atoms with van der Waals surface area (Å²) in [6.45, 7) is 2.86. The highest BCUT2D eigenvalue weighted by Crippen LogP contribution is 2.31. The number of aromatic hydroxyl groups is 1. The van der Waals surface area contributed by atoms with E-state index in [1.54, 1.807) is 6.07 Å². The molecule has 0 saturated heterocycles. The van der Waals surface area contributed by atoms with Crippen molar-refractivity contribution in [3.63, 3.8) is 0 Å². The summed E-state index contributed by atoms with van der Waals surface area (Å²) >= 11 is 0. The van der Waals surface area contributed by atoms with Gasteiger partial charge in [-0.15, -0.1) is 0 Å². The molecule has 1 unspecified atom stereocenters. The summed E-state index contributed by atoms with van der Waals surface area (Å²) in [5.74, 6) is -0.553. The molecule has 1 saturated carbocycles. The van der Waals surface area contributed by atoms with E-state index >= 15 is 0 Å². The van der Waals surface area contributed by atoms with Gasteiger partial charge in [0.05, 0.1) is 0 Å². The topological polar surface area (TPSA) is 133 Å². The van der Waals surface area contributed by atoms with Crippen LogP contribution in [0.1, 0.15) is 61.4 Å². The van der Waals surface area contributed by atoms with Gasteiger partial charge in [-0.1, -0.05) is 0 Å². The van der Waals surface area contributed by atoms with Crippen LogP contribution in [0, 0.1) is 5.92 Å². The molecule has 1 aliphatic carbocycles. The molecule has 0 aromatic heterocycles. The monoisotopic (exact) mass is 404 g/mol.